The maximum Gasteiger partial charge on any atom is 0.273 e. The van der Waals surface area contributed by atoms with Crippen LogP contribution in [0, 0.1) is 10.1 Å². The molecule has 0 aliphatic carbocycles. The summed E-state index contributed by atoms with van der Waals surface area (Å²) in [5, 5.41) is 14.1. The molecule has 1 heterocycles. The zero-order chi connectivity index (χ0) is 19.1. The average molecular weight is 394 g/mol. The predicted octanol–water partition coefficient (Wildman–Crippen LogP) is 3.88. The number of nitro groups is 1. The molecule has 0 atom stereocenters. The molecule has 0 spiro atoms. The van der Waals surface area contributed by atoms with E-state index < -0.39 is 16.2 Å². The number of rotatable bonds is 3. The molecule has 27 heavy (non-hydrogen) atoms. The van der Waals surface area contributed by atoms with Gasteiger partial charge in [0.1, 0.15) is 0 Å². The van der Waals surface area contributed by atoms with Crippen molar-refractivity contribution in [3.63, 3.8) is 0 Å². The quantitative estimate of drug-likeness (QED) is 0.464. The molecule has 0 bridgehead atoms. The van der Waals surface area contributed by atoms with Crippen LogP contribution in [0.5, 0.6) is 11.5 Å². The number of ether oxygens (including phenoxy) is 2. The monoisotopic (exact) mass is 393 g/mol. The molecular weight excluding hydrogens is 374 g/mol. The summed E-state index contributed by atoms with van der Waals surface area (Å²) in [7, 11) is 0. The third-order valence-corrected chi connectivity index (χ3v) is 4.06. The van der Waals surface area contributed by atoms with E-state index in [1.807, 2.05) is 20.8 Å². The zero-order valence-corrected chi connectivity index (χ0v) is 15.9. The summed E-state index contributed by atoms with van der Waals surface area (Å²) in [5.41, 5.74) is 6.79. The predicted molar refractivity (Wildman–Crippen MR) is 104 cm³/mol. The molecule has 0 aromatic heterocycles. The number of benzene rings is 2. The van der Waals surface area contributed by atoms with E-state index >= 15 is 0 Å². The average Bonchev–Trinajstić information content (AvgIpc) is 3.00. The smallest absolute Gasteiger partial charge is 0.273 e. The normalized spacial score (nSPS) is 12.3. The number of nitrogens with one attached hydrogen (secondary N) is 1. The van der Waals surface area contributed by atoms with Gasteiger partial charge in [-0.15, -0.1) is 12.4 Å². The van der Waals surface area contributed by atoms with Crippen molar-refractivity contribution in [2.24, 2.45) is 0 Å². The van der Waals surface area contributed by atoms with E-state index in [4.69, 9.17) is 15.2 Å². The van der Waals surface area contributed by atoms with E-state index in [-0.39, 0.29) is 30.5 Å². The van der Waals surface area contributed by atoms with Gasteiger partial charge in [-0.2, -0.15) is 0 Å². The maximum atomic E-state index is 12.5. The summed E-state index contributed by atoms with van der Waals surface area (Å²) in [4.78, 5) is 23.5. The second-order valence-corrected chi connectivity index (χ2v) is 6.99. The van der Waals surface area contributed by atoms with Crippen LogP contribution in [-0.2, 0) is 5.41 Å². The third kappa shape index (κ3) is 4.06. The number of fused-ring (bicyclic) bond motifs is 1. The Morgan fingerprint density at radius 3 is 2.41 bits per heavy atom. The van der Waals surface area contributed by atoms with Gasteiger partial charge in [0.25, 0.3) is 11.6 Å². The molecule has 2 aromatic rings. The van der Waals surface area contributed by atoms with Gasteiger partial charge in [-0.25, -0.2) is 0 Å². The Bertz CT molecular complexity index is 909. The highest BCUT2D eigenvalue weighted by Gasteiger charge is 2.26. The van der Waals surface area contributed by atoms with Gasteiger partial charge in [0.05, 0.1) is 16.3 Å². The third-order valence-electron chi connectivity index (χ3n) is 4.06. The Kier molecular flexibility index (Phi) is 5.51. The van der Waals surface area contributed by atoms with Gasteiger partial charge in [0, 0.05) is 29.3 Å². The van der Waals surface area contributed by atoms with Gasteiger partial charge in [-0.1, -0.05) is 26.8 Å². The summed E-state index contributed by atoms with van der Waals surface area (Å²) in [5.74, 6) is 0.480. The van der Waals surface area contributed by atoms with Crippen LogP contribution in [0.15, 0.2) is 30.3 Å². The Balaban J connectivity index is 0.00000261. The van der Waals surface area contributed by atoms with E-state index in [0.717, 1.165) is 0 Å². The Labute approximate surface area is 162 Å². The van der Waals surface area contributed by atoms with Crippen molar-refractivity contribution in [3.8, 4) is 11.5 Å². The number of carbonyl (C=O) groups is 1. The van der Waals surface area contributed by atoms with Gasteiger partial charge in [0.15, 0.2) is 11.5 Å². The number of anilines is 2. The highest BCUT2D eigenvalue weighted by atomic mass is 35.5. The lowest BCUT2D eigenvalue weighted by Gasteiger charge is -2.19. The summed E-state index contributed by atoms with van der Waals surface area (Å²) in [6.45, 7) is 5.72. The second-order valence-electron chi connectivity index (χ2n) is 6.99. The first-order valence-electron chi connectivity index (χ1n) is 7.96. The van der Waals surface area contributed by atoms with E-state index in [2.05, 4.69) is 5.32 Å². The van der Waals surface area contributed by atoms with Crippen molar-refractivity contribution >= 4 is 35.4 Å². The molecule has 9 heteroatoms. The molecule has 0 fully saturated rings. The van der Waals surface area contributed by atoms with Gasteiger partial charge in [-0.05, 0) is 11.5 Å². The lowest BCUT2D eigenvalue weighted by molar-refractivity contribution is -0.386. The highest BCUT2D eigenvalue weighted by molar-refractivity contribution is 6.06. The molecule has 0 unspecified atom stereocenters. The molecule has 1 amide bonds. The Morgan fingerprint density at radius 1 is 1.19 bits per heavy atom. The summed E-state index contributed by atoms with van der Waals surface area (Å²) < 4.78 is 10.5. The number of nitro benzene ring substituents is 1. The minimum absolute atomic E-state index is 0. The van der Waals surface area contributed by atoms with Crippen molar-refractivity contribution in [1.29, 1.82) is 0 Å². The van der Waals surface area contributed by atoms with Gasteiger partial charge >= 0.3 is 0 Å². The molecular formula is C18H20ClN3O5. The zero-order valence-electron chi connectivity index (χ0n) is 15.1. The topological polar surface area (TPSA) is 117 Å². The van der Waals surface area contributed by atoms with Crippen LogP contribution in [0.1, 0.15) is 36.7 Å². The van der Waals surface area contributed by atoms with E-state index in [1.165, 1.54) is 6.07 Å². The number of carbonyl (C=O) groups excluding carboxylic acids is 1. The number of halogens is 1. The van der Waals surface area contributed by atoms with Crippen LogP contribution in [0.4, 0.5) is 17.1 Å². The van der Waals surface area contributed by atoms with Crippen LogP contribution >= 0.6 is 12.4 Å². The maximum absolute atomic E-state index is 12.5. The molecule has 3 N–H and O–H groups in total. The van der Waals surface area contributed by atoms with Crippen LogP contribution in [0.3, 0.4) is 0 Å². The minimum atomic E-state index is -0.501. The van der Waals surface area contributed by atoms with E-state index in [1.54, 1.807) is 24.3 Å². The van der Waals surface area contributed by atoms with Crippen molar-refractivity contribution in [3.05, 3.63) is 51.6 Å². The van der Waals surface area contributed by atoms with Gasteiger partial charge < -0.3 is 20.5 Å². The summed E-state index contributed by atoms with van der Waals surface area (Å²) in [6.07, 6.45) is 0. The van der Waals surface area contributed by atoms with E-state index in [9.17, 15) is 14.9 Å². The van der Waals surface area contributed by atoms with Crippen molar-refractivity contribution in [2.45, 2.75) is 26.2 Å². The van der Waals surface area contributed by atoms with Crippen LogP contribution in [-0.4, -0.2) is 17.6 Å². The first-order valence-corrected chi connectivity index (χ1v) is 7.96. The molecule has 144 valence electrons. The summed E-state index contributed by atoms with van der Waals surface area (Å²) >= 11 is 0. The standard InChI is InChI=1S/C18H19N3O5.ClH/c1-18(2,3)11-5-4-10(6-14(11)21(23)24)17(22)20-13-8-16-15(7-12(13)19)25-9-26-16;/h4-8H,9,19H2,1-3H3,(H,20,22);1H. The first kappa shape index (κ1) is 20.3. The largest absolute Gasteiger partial charge is 0.454 e. The lowest BCUT2D eigenvalue weighted by Crippen LogP contribution is -2.17. The second kappa shape index (κ2) is 7.32. The molecule has 0 radical (unpaired) electrons. The molecule has 0 saturated carbocycles. The van der Waals surface area contributed by atoms with Gasteiger partial charge in [0.2, 0.25) is 6.79 Å². The van der Waals surface area contributed by atoms with E-state index in [0.29, 0.717) is 28.4 Å². The Hall–Kier alpha value is -3.00. The van der Waals surface area contributed by atoms with Crippen LogP contribution in [0.25, 0.3) is 0 Å². The van der Waals surface area contributed by atoms with Crippen molar-refractivity contribution < 1.29 is 19.2 Å². The minimum Gasteiger partial charge on any atom is -0.454 e. The molecule has 1 aliphatic rings. The molecule has 0 saturated heterocycles. The number of hydrogen-bond acceptors (Lipinski definition) is 6. The fourth-order valence-electron chi connectivity index (χ4n) is 2.72. The molecule has 1 aliphatic heterocycles. The number of nitrogens with zero attached hydrogens (tertiary/aromatic N) is 1. The fraction of sp³-hybridized carbons (Fsp3) is 0.278. The number of amides is 1. The highest BCUT2D eigenvalue weighted by Crippen LogP contribution is 2.38. The van der Waals surface area contributed by atoms with Crippen LogP contribution < -0.4 is 20.5 Å². The number of nitrogen functional groups attached to an aromatic ring is 1. The van der Waals surface area contributed by atoms with Crippen molar-refractivity contribution in [1.82, 2.24) is 0 Å². The Morgan fingerprint density at radius 2 is 1.81 bits per heavy atom. The molecule has 2 aromatic carbocycles. The fourth-order valence-corrected chi connectivity index (χ4v) is 2.72. The van der Waals surface area contributed by atoms with Gasteiger partial charge in [-0.3, -0.25) is 14.9 Å². The summed E-state index contributed by atoms with van der Waals surface area (Å²) in [6, 6.07) is 7.57. The molecule has 3 rings (SSSR count). The SMILES string of the molecule is CC(C)(C)c1ccc(C(=O)Nc2cc3c(cc2N)OCO3)cc1[N+](=O)[O-].Cl. The number of hydrogen-bond donors (Lipinski definition) is 2. The van der Waals surface area contributed by atoms with Crippen LogP contribution in [0.2, 0.25) is 0 Å². The number of nitrogens with two attached hydrogens (primary N) is 1. The lowest BCUT2D eigenvalue weighted by atomic mass is 9.85. The van der Waals surface area contributed by atoms with Crippen molar-refractivity contribution in [2.75, 3.05) is 17.8 Å². The first-order chi connectivity index (χ1) is 12.2. The molecule has 8 nitrogen and oxygen atoms in total.